The fourth-order valence-electron chi connectivity index (χ4n) is 1.75. The predicted octanol–water partition coefficient (Wildman–Crippen LogP) is 3.33. The molecule has 0 saturated carbocycles. The summed E-state index contributed by atoms with van der Waals surface area (Å²) in [4.78, 5) is 14.5. The highest BCUT2D eigenvalue weighted by Crippen LogP contribution is 2.25. The Morgan fingerprint density at radius 1 is 1.43 bits per heavy atom. The van der Waals surface area contributed by atoms with Gasteiger partial charge in [-0.1, -0.05) is 11.6 Å². The number of ketones is 1. The van der Waals surface area contributed by atoms with E-state index in [0.717, 1.165) is 22.2 Å². The molecule has 14 heavy (non-hydrogen) atoms. The number of carbonyl (C=O) groups is 1. The maximum Gasteiger partial charge on any atom is 0.162 e. The van der Waals surface area contributed by atoms with Crippen molar-refractivity contribution in [3.63, 3.8) is 0 Å². The van der Waals surface area contributed by atoms with E-state index in [-0.39, 0.29) is 5.78 Å². The number of aromatic amines is 1. The highest BCUT2D eigenvalue weighted by Gasteiger charge is 2.11. The number of halogens is 1. The molecule has 0 atom stereocenters. The lowest BCUT2D eigenvalue weighted by Gasteiger charge is -1.94. The number of hydrogen-bond acceptors (Lipinski definition) is 1. The zero-order valence-electron chi connectivity index (χ0n) is 8.02. The van der Waals surface area contributed by atoms with Crippen molar-refractivity contribution in [1.82, 2.24) is 4.98 Å². The van der Waals surface area contributed by atoms with Crippen molar-refractivity contribution >= 4 is 28.3 Å². The van der Waals surface area contributed by atoms with Gasteiger partial charge >= 0.3 is 0 Å². The van der Waals surface area contributed by atoms with Crippen molar-refractivity contribution in [3.8, 4) is 0 Å². The van der Waals surface area contributed by atoms with Gasteiger partial charge in [-0.2, -0.15) is 0 Å². The second kappa shape index (κ2) is 3.14. The molecular weight excluding hydrogens is 198 g/mol. The average molecular weight is 208 g/mol. The summed E-state index contributed by atoms with van der Waals surface area (Å²) in [6.07, 6.45) is 0. The second-order valence-electron chi connectivity index (χ2n) is 3.37. The Labute approximate surface area is 86.9 Å². The van der Waals surface area contributed by atoms with E-state index in [1.165, 1.54) is 0 Å². The molecule has 1 N–H and O–H groups in total. The van der Waals surface area contributed by atoms with E-state index in [1.807, 2.05) is 25.1 Å². The maximum atomic E-state index is 11.4. The molecular formula is C11H10ClNO. The first-order chi connectivity index (χ1) is 6.59. The average Bonchev–Trinajstić information content (AvgIpc) is 2.40. The number of fused-ring (bicyclic) bond motifs is 1. The third-order valence-electron chi connectivity index (χ3n) is 2.30. The summed E-state index contributed by atoms with van der Waals surface area (Å²) in [5.41, 5.74) is 2.59. The van der Waals surface area contributed by atoms with Crippen LogP contribution in [0.2, 0.25) is 5.02 Å². The molecule has 0 spiro atoms. The molecule has 3 heteroatoms. The van der Waals surface area contributed by atoms with E-state index in [2.05, 4.69) is 4.98 Å². The third kappa shape index (κ3) is 1.32. The zero-order valence-corrected chi connectivity index (χ0v) is 8.77. The molecule has 0 fully saturated rings. The minimum atomic E-state index is 0.0658. The molecule has 2 rings (SSSR count). The van der Waals surface area contributed by atoms with Crippen molar-refractivity contribution in [2.45, 2.75) is 13.8 Å². The van der Waals surface area contributed by atoms with E-state index in [9.17, 15) is 4.79 Å². The quantitative estimate of drug-likeness (QED) is 0.715. The van der Waals surface area contributed by atoms with Gasteiger partial charge in [-0.3, -0.25) is 4.79 Å². The van der Waals surface area contributed by atoms with Crippen LogP contribution in [0.5, 0.6) is 0 Å². The first-order valence-corrected chi connectivity index (χ1v) is 4.76. The van der Waals surface area contributed by atoms with Gasteiger partial charge in [-0.25, -0.2) is 0 Å². The molecule has 2 nitrogen and oxygen atoms in total. The zero-order chi connectivity index (χ0) is 10.3. The van der Waals surface area contributed by atoms with Gasteiger partial charge in [0, 0.05) is 27.2 Å². The summed E-state index contributed by atoms with van der Waals surface area (Å²) in [7, 11) is 0. The molecule has 0 bridgehead atoms. The number of nitrogens with one attached hydrogen (secondary N) is 1. The van der Waals surface area contributed by atoms with Crippen LogP contribution in [0.15, 0.2) is 18.2 Å². The number of rotatable bonds is 1. The van der Waals surface area contributed by atoms with Gasteiger partial charge in [0.25, 0.3) is 0 Å². The van der Waals surface area contributed by atoms with Crippen molar-refractivity contribution in [3.05, 3.63) is 34.5 Å². The van der Waals surface area contributed by atoms with E-state index >= 15 is 0 Å². The van der Waals surface area contributed by atoms with E-state index in [1.54, 1.807) is 6.92 Å². The third-order valence-corrected chi connectivity index (χ3v) is 2.54. The molecule has 1 heterocycles. The Balaban J connectivity index is 2.86. The Hall–Kier alpha value is -1.28. The smallest absolute Gasteiger partial charge is 0.162 e. The lowest BCUT2D eigenvalue weighted by molar-refractivity contribution is 0.101. The number of aromatic nitrogens is 1. The van der Waals surface area contributed by atoms with Crippen molar-refractivity contribution < 1.29 is 4.79 Å². The van der Waals surface area contributed by atoms with Crippen LogP contribution in [0.3, 0.4) is 0 Å². The highest BCUT2D eigenvalue weighted by atomic mass is 35.5. The summed E-state index contributed by atoms with van der Waals surface area (Å²) in [6, 6.07) is 5.51. The van der Waals surface area contributed by atoms with Crippen LogP contribution in [0.25, 0.3) is 10.9 Å². The van der Waals surface area contributed by atoms with Crippen LogP contribution in [0, 0.1) is 6.92 Å². The first-order valence-electron chi connectivity index (χ1n) is 4.38. The minimum Gasteiger partial charge on any atom is -0.358 e. The standard InChI is InChI=1S/C11H10ClNO/c1-6-11(7(2)14)9-5-8(12)3-4-10(9)13-6/h3-5,13H,1-2H3. The van der Waals surface area contributed by atoms with Gasteiger partial charge in [-0.05, 0) is 32.0 Å². The molecule has 1 aromatic heterocycles. The number of benzene rings is 1. The Morgan fingerprint density at radius 3 is 2.79 bits per heavy atom. The topological polar surface area (TPSA) is 32.9 Å². The van der Waals surface area contributed by atoms with E-state index < -0.39 is 0 Å². The highest BCUT2D eigenvalue weighted by molar-refractivity contribution is 6.31. The number of Topliss-reactive ketones (excluding diaryl/α,β-unsaturated/α-hetero) is 1. The summed E-state index contributed by atoms with van der Waals surface area (Å²) in [5.74, 6) is 0.0658. The van der Waals surface area contributed by atoms with Gasteiger partial charge in [0.05, 0.1) is 0 Å². The van der Waals surface area contributed by atoms with Crippen molar-refractivity contribution in [1.29, 1.82) is 0 Å². The molecule has 0 aliphatic rings. The van der Waals surface area contributed by atoms with Crippen LogP contribution < -0.4 is 0 Å². The Morgan fingerprint density at radius 2 is 2.14 bits per heavy atom. The molecule has 2 aromatic rings. The van der Waals surface area contributed by atoms with Crippen LogP contribution in [-0.4, -0.2) is 10.8 Å². The predicted molar refractivity (Wildman–Crippen MR) is 58.1 cm³/mol. The molecule has 0 saturated heterocycles. The fraction of sp³-hybridized carbons (Fsp3) is 0.182. The van der Waals surface area contributed by atoms with E-state index in [4.69, 9.17) is 11.6 Å². The molecule has 1 aromatic carbocycles. The molecule has 0 amide bonds. The number of hydrogen-bond donors (Lipinski definition) is 1. The second-order valence-corrected chi connectivity index (χ2v) is 3.81. The number of carbonyl (C=O) groups excluding carboxylic acids is 1. The van der Waals surface area contributed by atoms with Crippen LogP contribution in [-0.2, 0) is 0 Å². The number of aryl methyl sites for hydroxylation is 1. The maximum absolute atomic E-state index is 11.4. The SMILES string of the molecule is CC(=O)c1c(C)[nH]c2ccc(Cl)cc12. The van der Waals surface area contributed by atoms with Crippen LogP contribution in [0.4, 0.5) is 0 Å². The summed E-state index contributed by atoms with van der Waals surface area (Å²) in [5, 5.41) is 1.56. The van der Waals surface area contributed by atoms with Gasteiger partial charge in [-0.15, -0.1) is 0 Å². The Kier molecular flexibility index (Phi) is 2.08. The molecule has 72 valence electrons. The van der Waals surface area contributed by atoms with Gasteiger partial charge in [0.1, 0.15) is 0 Å². The minimum absolute atomic E-state index is 0.0658. The van der Waals surface area contributed by atoms with Crippen molar-refractivity contribution in [2.75, 3.05) is 0 Å². The van der Waals surface area contributed by atoms with Crippen LogP contribution >= 0.6 is 11.6 Å². The van der Waals surface area contributed by atoms with Crippen molar-refractivity contribution in [2.24, 2.45) is 0 Å². The first kappa shape index (κ1) is 9.28. The lowest BCUT2D eigenvalue weighted by Crippen LogP contribution is -1.92. The van der Waals surface area contributed by atoms with Gasteiger partial charge in [0.15, 0.2) is 5.78 Å². The van der Waals surface area contributed by atoms with E-state index in [0.29, 0.717) is 5.02 Å². The lowest BCUT2D eigenvalue weighted by atomic mass is 10.1. The molecule has 0 radical (unpaired) electrons. The summed E-state index contributed by atoms with van der Waals surface area (Å²) in [6.45, 7) is 3.46. The Bertz CT molecular complexity index is 513. The van der Waals surface area contributed by atoms with Gasteiger partial charge < -0.3 is 4.98 Å². The van der Waals surface area contributed by atoms with Crippen LogP contribution in [0.1, 0.15) is 23.0 Å². The monoisotopic (exact) mass is 207 g/mol. The van der Waals surface area contributed by atoms with Gasteiger partial charge in [0.2, 0.25) is 0 Å². The number of H-pyrrole nitrogens is 1. The molecule has 0 aliphatic carbocycles. The summed E-state index contributed by atoms with van der Waals surface area (Å²) >= 11 is 5.88. The summed E-state index contributed by atoms with van der Waals surface area (Å²) < 4.78 is 0. The molecule has 0 aliphatic heterocycles. The molecule has 0 unspecified atom stereocenters. The largest absolute Gasteiger partial charge is 0.358 e. The normalized spacial score (nSPS) is 10.8. The fourth-order valence-corrected chi connectivity index (χ4v) is 1.92.